The van der Waals surface area contributed by atoms with Gasteiger partial charge in [-0.2, -0.15) is 4.37 Å². The monoisotopic (exact) mass is 374 g/mol. The van der Waals surface area contributed by atoms with E-state index in [0.29, 0.717) is 18.6 Å². The molecule has 0 saturated heterocycles. The van der Waals surface area contributed by atoms with Gasteiger partial charge < -0.3 is 10.4 Å². The molecular formula is C18H22N4OS2. The van der Waals surface area contributed by atoms with Crippen molar-refractivity contribution in [1.29, 1.82) is 0 Å². The van der Waals surface area contributed by atoms with Gasteiger partial charge >= 0.3 is 0 Å². The van der Waals surface area contributed by atoms with E-state index >= 15 is 0 Å². The topological polar surface area (TPSA) is 70.9 Å². The Morgan fingerprint density at radius 1 is 1.24 bits per heavy atom. The highest BCUT2D eigenvalue weighted by Crippen LogP contribution is 2.31. The van der Waals surface area contributed by atoms with Gasteiger partial charge in [0.25, 0.3) is 0 Å². The molecule has 132 valence electrons. The second kappa shape index (κ2) is 7.35. The molecule has 1 aliphatic rings. The Labute approximate surface area is 155 Å². The number of aryl methyl sites for hydroxylation is 1. The molecule has 5 nitrogen and oxygen atoms in total. The van der Waals surface area contributed by atoms with E-state index in [4.69, 9.17) is 9.97 Å². The number of nitrogens with zero attached hydrogens (tertiary/aromatic N) is 3. The number of fused-ring (bicyclic) bond motifs is 1. The van der Waals surface area contributed by atoms with Gasteiger partial charge in [-0.1, -0.05) is 0 Å². The molecular weight excluding hydrogens is 352 g/mol. The molecule has 1 aliphatic carbocycles. The van der Waals surface area contributed by atoms with Crippen molar-refractivity contribution in [3.8, 4) is 0 Å². The summed E-state index contributed by atoms with van der Waals surface area (Å²) in [4.78, 5) is 10.7. The molecule has 0 unspecified atom stereocenters. The van der Waals surface area contributed by atoms with Crippen LogP contribution >= 0.6 is 22.9 Å². The fraction of sp³-hybridized carbons (Fsp3) is 0.500. The first-order chi connectivity index (χ1) is 12.2. The van der Waals surface area contributed by atoms with E-state index < -0.39 is 0 Å². The van der Waals surface area contributed by atoms with Crippen molar-refractivity contribution in [2.45, 2.75) is 45.1 Å². The van der Waals surface area contributed by atoms with Gasteiger partial charge in [0.2, 0.25) is 0 Å². The molecule has 0 bridgehead atoms. The number of hydrogen-bond donors (Lipinski definition) is 2. The lowest BCUT2D eigenvalue weighted by atomic mass is 9.86. The predicted octanol–water partition coefficient (Wildman–Crippen LogP) is 4.01. The molecule has 0 atom stereocenters. The van der Waals surface area contributed by atoms with Crippen LogP contribution in [0.5, 0.6) is 0 Å². The molecule has 1 fully saturated rings. The normalized spacial score (nSPS) is 20.9. The van der Waals surface area contributed by atoms with E-state index in [9.17, 15) is 5.11 Å². The van der Waals surface area contributed by atoms with E-state index in [1.165, 1.54) is 16.4 Å². The Bertz CT molecular complexity index is 852. The highest BCUT2D eigenvalue weighted by molar-refractivity contribution is 7.17. The summed E-state index contributed by atoms with van der Waals surface area (Å²) in [5, 5.41) is 15.0. The van der Waals surface area contributed by atoms with Crippen LogP contribution in [-0.2, 0) is 6.42 Å². The third-order valence-electron chi connectivity index (χ3n) is 4.80. The average Bonchev–Trinajstić information content (AvgIpc) is 3.24. The maximum absolute atomic E-state index is 9.32. The second-order valence-corrected chi connectivity index (χ2v) is 8.58. The van der Waals surface area contributed by atoms with Crippen LogP contribution in [0.25, 0.3) is 10.2 Å². The SMILES string of the molecule is Cc1cc(Cc2nc(NC3CCC(CO)CC3)c3sccc3n2)sn1. The summed E-state index contributed by atoms with van der Waals surface area (Å²) in [5.74, 6) is 2.28. The van der Waals surface area contributed by atoms with E-state index in [1.807, 2.05) is 6.92 Å². The van der Waals surface area contributed by atoms with Gasteiger partial charge in [-0.3, -0.25) is 0 Å². The maximum atomic E-state index is 9.32. The lowest BCUT2D eigenvalue weighted by Crippen LogP contribution is -2.27. The molecule has 3 aromatic rings. The standard InChI is InChI=1S/C18H22N4OS2/c1-11-8-14(25-22-11)9-16-20-15-6-7-24-17(15)18(21-16)19-13-4-2-12(10-23)3-5-13/h6-8,12-13,23H,2-5,9-10H2,1H3,(H,19,20,21). The fourth-order valence-corrected chi connectivity index (χ4v) is 4.94. The Morgan fingerprint density at radius 3 is 2.80 bits per heavy atom. The van der Waals surface area contributed by atoms with Crippen molar-refractivity contribution in [3.05, 3.63) is 33.9 Å². The van der Waals surface area contributed by atoms with Gasteiger partial charge in [-0.05, 0) is 67.6 Å². The van der Waals surface area contributed by atoms with Gasteiger partial charge in [-0.15, -0.1) is 11.3 Å². The molecule has 2 N–H and O–H groups in total. The first kappa shape index (κ1) is 16.9. The maximum Gasteiger partial charge on any atom is 0.148 e. The van der Waals surface area contributed by atoms with Crippen LogP contribution in [0.1, 0.15) is 42.1 Å². The smallest absolute Gasteiger partial charge is 0.148 e. The summed E-state index contributed by atoms with van der Waals surface area (Å²) in [7, 11) is 0. The lowest BCUT2D eigenvalue weighted by molar-refractivity contribution is 0.186. The van der Waals surface area contributed by atoms with Crippen LogP contribution in [0.2, 0.25) is 0 Å². The molecule has 4 rings (SSSR count). The van der Waals surface area contributed by atoms with Crippen molar-refractivity contribution < 1.29 is 5.11 Å². The zero-order valence-electron chi connectivity index (χ0n) is 14.2. The predicted molar refractivity (Wildman–Crippen MR) is 104 cm³/mol. The van der Waals surface area contributed by atoms with Crippen molar-refractivity contribution >= 4 is 38.9 Å². The summed E-state index contributed by atoms with van der Waals surface area (Å²) < 4.78 is 5.48. The Hall–Kier alpha value is -1.57. The zero-order valence-corrected chi connectivity index (χ0v) is 15.9. The molecule has 0 amide bonds. The van der Waals surface area contributed by atoms with Crippen LogP contribution < -0.4 is 5.32 Å². The minimum Gasteiger partial charge on any atom is -0.396 e. The number of nitrogens with one attached hydrogen (secondary N) is 1. The third-order valence-corrected chi connectivity index (χ3v) is 6.59. The fourth-order valence-electron chi connectivity index (χ4n) is 3.43. The van der Waals surface area contributed by atoms with Crippen LogP contribution in [0.4, 0.5) is 5.82 Å². The molecule has 0 spiro atoms. The van der Waals surface area contributed by atoms with Crippen molar-refractivity contribution in [2.75, 3.05) is 11.9 Å². The highest BCUT2D eigenvalue weighted by Gasteiger charge is 2.22. The summed E-state index contributed by atoms with van der Waals surface area (Å²) >= 11 is 3.21. The Kier molecular flexibility index (Phi) is 4.96. The molecule has 7 heteroatoms. The van der Waals surface area contributed by atoms with Crippen LogP contribution in [-0.4, -0.2) is 32.1 Å². The number of aromatic nitrogens is 3. The minimum absolute atomic E-state index is 0.313. The number of rotatable bonds is 5. The quantitative estimate of drug-likeness (QED) is 0.706. The van der Waals surface area contributed by atoms with E-state index in [1.54, 1.807) is 11.3 Å². The summed E-state index contributed by atoms with van der Waals surface area (Å²) in [6.45, 7) is 2.33. The molecule has 3 heterocycles. The molecule has 0 aliphatic heterocycles. The summed E-state index contributed by atoms with van der Waals surface area (Å²) in [5.41, 5.74) is 2.07. The van der Waals surface area contributed by atoms with Crippen molar-refractivity contribution in [2.24, 2.45) is 5.92 Å². The molecule has 25 heavy (non-hydrogen) atoms. The number of thiophene rings is 1. The first-order valence-electron chi connectivity index (χ1n) is 8.75. The largest absolute Gasteiger partial charge is 0.396 e. The third kappa shape index (κ3) is 3.83. The number of hydrogen-bond acceptors (Lipinski definition) is 7. The number of aliphatic hydroxyl groups excluding tert-OH is 1. The number of anilines is 1. The van der Waals surface area contributed by atoms with Gasteiger partial charge in [0.05, 0.1) is 15.9 Å². The van der Waals surface area contributed by atoms with Gasteiger partial charge in [-0.25, -0.2) is 9.97 Å². The minimum atomic E-state index is 0.313. The molecule has 0 radical (unpaired) electrons. The first-order valence-corrected chi connectivity index (χ1v) is 10.4. The molecule has 1 saturated carbocycles. The van der Waals surface area contributed by atoms with Crippen LogP contribution in [0, 0.1) is 12.8 Å². The van der Waals surface area contributed by atoms with E-state index in [2.05, 4.69) is 27.2 Å². The van der Waals surface area contributed by atoms with Crippen LogP contribution in [0.15, 0.2) is 17.5 Å². The van der Waals surface area contributed by atoms with Crippen molar-refractivity contribution in [3.63, 3.8) is 0 Å². The van der Waals surface area contributed by atoms with Crippen molar-refractivity contribution in [1.82, 2.24) is 14.3 Å². The average molecular weight is 375 g/mol. The second-order valence-electron chi connectivity index (χ2n) is 6.78. The highest BCUT2D eigenvalue weighted by atomic mass is 32.1. The number of aliphatic hydroxyl groups is 1. The zero-order chi connectivity index (χ0) is 17.2. The Balaban J connectivity index is 1.56. The van der Waals surface area contributed by atoms with E-state index in [0.717, 1.165) is 59.7 Å². The van der Waals surface area contributed by atoms with Gasteiger partial charge in [0.1, 0.15) is 11.6 Å². The van der Waals surface area contributed by atoms with E-state index in [-0.39, 0.29) is 0 Å². The molecule has 3 aromatic heterocycles. The summed E-state index contributed by atoms with van der Waals surface area (Å²) in [6, 6.07) is 4.60. The van der Waals surface area contributed by atoms with Gasteiger partial charge in [0.15, 0.2) is 0 Å². The van der Waals surface area contributed by atoms with Gasteiger partial charge in [0, 0.05) is 23.9 Å². The van der Waals surface area contributed by atoms with Crippen LogP contribution in [0.3, 0.4) is 0 Å². The molecule has 0 aromatic carbocycles. The lowest BCUT2D eigenvalue weighted by Gasteiger charge is -2.28. The Morgan fingerprint density at radius 2 is 2.08 bits per heavy atom. The summed E-state index contributed by atoms with van der Waals surface area (Å²) in [6.07, 6.45) is 5.07.